The molecule has 1 aliphatic carbocycles. The maximum atomic E-state index is 14.1. The third kappa shape index (κ3) is 11.2. The highest BCUT2D eigenvalue weighted by Gasteiger charge is 2.55. The van der Waals surface area contributed by atoms with Gasteiger partial charge in [-0.3, -0.25) is 14.4 Å². The van der Waals surface area contributed by atoms with Crippen molar-refractivity contribution in [2.45, 2.75) is 94.8 Å². The second kappa shape index (κ2) is 19.9. The quantitative estimate of drug-likeness (QED) is 0.0756. The number of benzene rings is 3. The summed E-state index contributed by atoms with van der Waals surface area (Å²) in [4.78, 5) is 53.8. The lowest BCUT2D eigenvalue weighted by Gasteiger charge is -2.32. The number of esters is 2. The predicted molar refractivity (Wildman–Crippen MR) is 212 cm³/mol. The van der Waals surface area contributed by atoms with E-state index in [2.05, 4.69) is 10.6 Å². The second-order valence-electron chi connectivity index (χ2n) is 15.0. The molecule has 310 valence electrons. The van der Waals surface area contributed by atoms with Crippen LogP contribution in [0.25, 0.3) is 6.08 Å². The Kier molecular flexibility index (Phi) is 15.0. The lowest BCUT2D eigenvalue weighted by Crippen LogP contribution is -2.55. The van der Waals surface area contributed by atoms with Gasteiger partial charge in [-0.25, -0.2) is 4.79 Å². The van der Waals surface area contributed by atoms with Gasteiger partial charge in [0, 0.05) is 29.5 Å². The van der Waals surface area contributed by atoms with Gasteiger partial charge >= 0.3 is 11.9 Å². The van der Waals surface area contributed by atoms with Crippen LogP contribution in [-0.4, -0.2) is 101 Å². The van der Waals surface area contributed by atoms with Gasteiger partial charge in [-0.15, -0.1) is 0 Å². The van der Waals surface area contributed by atoms with E-state index in [1.54, 1.807) is 57.2 Å². The van der Waals surface area contributed by atoms with Crippen molar-refractivity contribution in [2.24, 2.45) is 0 Å². The number of fused-ring (bicyclic) bond motifs is 1. The van der Waals surface area contributed by atoms with Crippen molar-refractivity contribution < 1.29 is 58.2 Å². The summed E-state index contributed by atoms with van der Waals surface area (Å²) in [7, 11) is 0. The number of carbonyl (C=O) groups excluding carboxylic acids is 4. The summed E-state index contributed by atoms with van der Waals surface area (Å²) in [5.41, 5.74) is 1.41. The largest absolute Gasteiger partial charge is 0.499 e. The predicted octanol–water partition coefficient (Wildman–Crippen LogP) is 3.67. The Hall–Kier alpha value is -5.38. The highest BCUT2D eigenvalue weighted by Crippen LogP contribution is 2.47. The first-order valence-corrected chi connectivity index (χ1v) is 19.2. The number of rotatable bonds is 17. The molecule has 1 saturated heterocycles. The molecule has 5 rings (SSSR count). The van der Waals surface area contributed by atoms with E-state index in [9.17, 15) is 29.4 Å². The molecule has 0 bridgehead atoms. The molecule has 1 aliphatic heterocycles. The van der Waals surface area contributed by atoms with Crippen molar-refractivity contribution in [3.63, 3.8) is 0 Å². The second-order valence-corrected chi connectivity index (χ2v) is 15.0. The summed E-state index contributed by atoms with van der Waals surface area (Å²) in [6.45, 7) is 5.90. The highest BCUT2D eigenvalue weighted by atomic mass is 16.8. The minimum Gasteiger partial charge on any atom is -0.499 e. The zero-order valence-electron chi connectivity index (χ0n) is 33.0. The molecule has 2 amide bonds. The van der Waals surface area contributed by atoms with Crippen molar-refractivity contribution in [3.05, 3.63) is 125 Å². The normalized spacial score (nSPS) is 20.2. The molecule has 14 heteroatoms. The molecule has 0 aromatic heterocycles. The van der Waals surface area contributed by atoms with E-state index < -0.39 is 78.2 Å². The summed E-state index contributed by atoms with van der Waals surface area (Å²) < 4.78 is 30.3. The molecule has 0 unspecified atom stereocenters. The summed E-state index contributed by atoms with van der Waals surface area (Å²) in [5.74, 6) is -4.21. The van der Waals surface area contributed by atoms with Gasteiger partial charge in [0.2, 0.25) is 17.6 Å². The van der Waals surface area contributed by atoms with E-state index in [-0.39, 0.29) is 43.6 Å². The molecule has 6 atom stereocenters. The molecule has 3 aromatic carbocycles. The van der Waals surface area contributed by atoms with Crippen LogP contribution in [0.3, 0.4) is 0 Å². The average Bonchev–Trinajstić information content (AvgIpc) is 3.61. The molecule has 2 aliphatic rings. The Morgan fingerprint density at radius 3 is 2.16 bits per heavy atom. The molecular formula is C44H52N2O12. The first kappa shape index (κ1) is 43.7. The van der Waals surface area contributed by atoms with Crippen molar-refractivity contribution in [2.75, 3.05) is 19.8 Å². The number of carbonyl (C=O) groups is 4. The van der Waals surface area contributed by atoms with Crippen LogP contribution in [0, 0.1) is 0 Å². The van der Waals surface area contributed by atoms with Gasteiger partial charge in [-0.2, -0.15) is 0 Å². The lowest BCUT2D eigenvalue weighted by atomic mass is 9.91. The molecule has 0 saturated carbocycles. The Morgan fingerprint density at radius 1 is 0.914 bits per heavy atom. The van der Waals surface area contributed by atoms with Gasteiger partial charge in [-0.05, 0) is 57.9 Å². The third-order valence-electron chi connectivity index (χ3n) is 9.41. The zero-order valence-corrected chi connectivity index (χ0v) is 33.0. The van der Waals surface area contributed by atoms with E-state index >= 15 is 0 Å². The van der Waals surface area contributed by atoms with Crippen LogP contribution in [-0.2, 0) is 43.9 Å². The Labute approximate surface area is 337 Å². The van der Waals surface area contributed by atoms with Crippen LogP contribution in [0.15, 0.2) is 103 Å². The third-order valence-corrected chi connectivity index (χ3v) is 9.41. The number of amides is 2. The minimum absolute atomic E-state index is 0.0510. The van der Waals surface area contributed by atoms with Gasteiger partial charge in [0.1, 0.15) is 36.6 Å². The molecular weight excluding hydrogens is 748 g/mol. The number of nitrogens with one attached hydrogen (secondary N) is 2. The van der Waals surface area contributed by atoms with Gasteiger partial charge in [0.25, 0.3) is 0 Å². The van der Waals surface area contributed by atoms with Crippen molar-refractivity contribution in [1.82, 2.24) is 10.6 Å². The molecule has 3 aromatic rings. The fraction of sp³-hybridized carbons (Fsp3) is 0.409. The van der Waals surface area contributed by atoms with Crippen molar-refractivity contribution in [3.8, 4) is 0 Å². The van der Waals surface area contributed by atoms with E-state index in [1.165, 1.54) is 13.2 Å². The van der Waals surface area contributed by atoms with Gasteiger partial charge in [-0.1, -0.05) is 78.9 Å². The van der Waals surface area contributed by atoms with Crippen LogP contribution in [0.2, 0.25) is 0 Å². The van der Waals surface area contributed by atoms with Crippen LogP contribution < -0.4 is 10.6 Å². The van der Waals surface area contributed by atoms with E-state index in [4.69, 9.17) is 28.8 Å². The summed E-state index contributed by atoms with van der Waals surface area (Å²) in [6.07, 6.45) is 0.0380. The summed E-state index contributed by atoms with van der Waals surface area (Å²) in [6, 6.07) is 22.8. The standard InChI is InChI=1S/C44H52N2O12/c1-28(49)38(41(52)45-33(27-48)19-20-37(50)57-43(2,3)4)46-40(51)30-25-35(55-42(53)34-18-12-11-13-29(34)21-23-54-24-22-47)39-36(26-30)56-44(58-39,31-14-7-5-8-15-31)32-16-9-6-10-17-32/h5-18,21,23,26,28,33,35-36,38-39,47-49H,19-20,22,24-25,27H2,1-4H3,(H,45,52)(H,46,51)/t28-,33-,35+,36+,38+,39-/m0/s1. The van der Waals surface area contributed by atoms with Crippen LogP contribution in [0.5, 0.6) is 0 Å². The van der Waals surface area contributed by atoms with Gasteiger partial charge in [0.15, 0.2) is 0 Å². The lowest BCUT2D eigenvalue weighted by molar-refractivity contribution is -0.157. The number of aliphatic hydroxyl groups is 3. The van der Waals surface area contributed by atoms with Crippen LogP contribution in [0.1, 0.15) is 74.0 Å². The SMILES string of the molecule is C[C@H](O)[C@@H](NC(=O)C1=C[C@H]2OC(c3ccccc3)(c3ccccc3)O[C@H]2[C@H](OC(=O)c2ccccc2C=COCCO)C1)C(=O)N[C@H](CO)CCC(=O)OC(C)(C)C. The minimum atomic E-state index is -1.47. The van der Waals surface area contributed by atoms with Crippen molar-refractivity contribution in [1.29, 1.82) is 0 Å². The topological polar surface area (TPSA) is 199 Å². The van der Waals surface area contributed by atoms with E-state index in [1.807, 2.05) is 60.7 Å². The Morgan fingerprint density at radius 2 is 1.55 bits per heavy atom. The summed E-state index contributed by atoms with van der Waals surface area (Å²) >= 11 is 0. The smallest absolute Gasteiger partial charge is 0.339 e. The maximum Gasteiger partial charge on any atom is 0.339 e. The highest BCUT2D eigenvalue weighted by molar-refractivity contribution is 5.98. The monoisotopic (exact) mass is 800 g/mol. The van der Waals surface area contributed by atoms with E-state index in [0.717, 1.165) is 0 Å². The molecule has 0 spiro atoms. The maximum absolute atomic E-state index is 14.1. The van der Waals surface area contributed by atoms with Crippen molar-refractivity contribution >= 4 is 29.8 Å². The fourth-order valence-corrected chi connectivity index (χ4v) is 6.69. The molecule has 14 nitrogen and oxygen atoms in total. The first-order chi connectivity index (χ1) is 27.7. The number of hydrogen-bond donors (Lipinski definition) is 5. The average molecular weight is 801 g/mol. The van der Waals surface area contributed by atoms with Gasteiger partial charge in [0.05, 0.1) is 37.2 Å². The Bertz CT molecular complexity index is 1890. The summed E-state index contributed by atoms with van der Waals surface area (Å²) in [5, 5.41) is 34.9. The Balaban J connectivity index is 1.42. The fourth-order valence-electron chi connectivity index (χ4n) is 6.69. The van der Waals surface area contributed by atoms with Crippen LogP contribution in [0.4, 0.5) is 0 Å². The van der Waals surface area contributed by atoms with Gasteiger partial charge < -0.3 is 49.6 Å². The molecule has 0 radical (unpaired) electrons. The molecule has 1 fully saturated rings. The zero-order chi connectivity index (χ0) is 41.9. The number of aliphatic hydroxyl groups excluding tert-OH is 3. The number of hydrogen-bond acceptors (Lipinski definition) is 12. The molecule has 5 N–H and O–H groups in total. The molecule has 1 heterocycles. The first-order valence-electron chi connectivity index (χ1n) is 19.2. The number of ether oxygens (including phenoxy) is 5. The van der Waals surface area contributed by atoms with Crippen LogP contribution >= 0.6 is 0 Å². The van der Waals surface area contributed by atoms with E-state index in [0.29, 0.717) is 16.7 Å². The molecule has 58 heavy (non-hydrogen) atoms.